The molecule has 0 aliphatic heterocycles. The number of hydrogen-bond acceptors (Lipinski definition) is 3. The molecule has 0 saturated heterocycles. The summed E-state index contributed by atoms with van der Waals surface area (Å²) in [5, 5.41) is 4.13. The molecule has 3 nitrogen and oxygen atoms in total. The van der Waals surface area contributed by atoms with Gasteiger partial charge in [0.1, 0.15) is 9.84 Å². The van der Waals surface area contributed by atoms with Gasteiger partial charge in [-0.05, 0) is 65.7 Å². The van der Waals surface area contributed by atoms with Crippen molar-refractivity contribution < 1.29 is 8.42 Å². The maximum Gasteiger partial charge on any atom is 0.150 e. The van der Waals surface area contributed by atoms with Gasteiger partial charge < -0.3 is 5.32 Å². The van der Waals surface area contributed by atoms with Crippen LogP contribution in [0.3, 0.4) is 0 Å². The molecule has 0 amide bonds. The average Bonchev–Trinajstić information content (AvgIpc) is 2.40. The van der Waals surface area contributed by atoms with Gasteiger partial charge >= 0.3 is 0 Å². The van der Waals surface area contributed by atoms with Crippen LogP contribution in [0.25, 0.3) is 0 Å². The zero-order chi connectivity index (χ0) is 15.2. The first-order valence-corrected chi connectivity index (χ1v) is 10.1. The van der Waals surface area contributed by atoms with Gasteiger partial charge in [-0.1, -0.05) is 25.4 Å². The van der Waals surface area contributed by atoms with Crippen molar-refractivity contribution >= 4 is 44.0 Å². The van der Waals surface area contributed by atoms with Gasteiger partial charge in [0.2, 0.25) is 0 Å². The number of nitrogens with one attached hydrogen (secondary N) is 1. The normalized spacial score (nSPS) is 13.4. The molecular formula is C14H21ClINO2S. The lowest BCUT2D eigenvalue weighted by molar-refractivity contribution is 0.505. The van der Waals surface area contributed by atoms with Gasteiger partial charge in [0.05, 0.1) is 5.75 Å². The summed E-state index contributed by atoms with van der Waals surface area (Å²) >= 11 is 8.35. The molecule has 1 aromatic rings. The first-order chi connectivity index (χ1) is 9.39. The third kappa shape index (κ3) is 5.87. The molecule has 6 heteroatoms. The van der Waals surface area contributed by atoms with Crippen LogP contribution < -0.4 is 5.32 Å². The highest BCUT2D eigenvalue weighted by molar-refractivity contribution is 14.1. The van der Waals surface area contributed by atoms with Crippen LogP contribution in [0.5, 0.6) is 0 Å². The molecule has 0 radical (unpaired) electrons. The van der Waals surface area contributed by atoms with E-state index >= 15 is 0 Å². The van der Waals surface area contributed by atoms with E-state index in [4.69, 9.17) is 11.6 Å². The molecule has 1 atom stereocenters. The fourth-order valence-corrected chi connectivity index (χ4v) is 3.83. The summed E-state index contributed by atoms with van der Waals surface area (Å²) in [7, 11) is -2.89. The predicted octanol–water partition coefficient (Wildman–Crippen LogP) is 3.81. The molecular weight excluding hydrogens is 409 g/mol. The first kappa shape index (κ1) is 18.2. The fraction of sp³-hybridized carbons (Fsp3) is 0.571. The standard InChI is InChI=1S/C14H21ClINO2S/c1-3-17-14(6-5-9-20(18,19)4-2)12-10-11(15)7-8-13(12)16/h7-8,10,14,17H,3-6,9H2,1-2H3. The van der Waals surface area contributed by atoms with E-state index in [0.29, 0.717) is 11.4 Å². The minimum Gasteiger partial charge on any atom is -0.310 e. The van der Waals surface area contributed by atoms with Gasteiger partial charge in [0.15, 0.2) is 0 Å². The molecule has 1 unspecified atom stereocenters. The van der Waals surface area contributed by atoms with Crippen LogP contribution >= 0.6 is 34.2 Å². The minimum atomic E-state index is -2.89. The van der Waals surface area contributed by atoms with Crippen LogP contribution in [0.4, 0.5) is 0 Å². The van der Waals surface area contributed by atoms with Gasteiger partial charge in [-0.25, -0.2) is 8.42 Å². The third-order valence-electron chi connectivity index (χ3n) is 3.17. The third-order valence-corrected chi connectivity index (χ3v) is 6.18. The Hall–Kier alpha value is 0.150. The second kappa shape index (κ2) is 8.56. The highest BCUT2D eigenvalue weighted by Crippen LogP contribution is 2.27. The van der Waals surface area contributed by atoms with E-state index in [1.165, 1.54) is 0 Å². The minimum absolute atomic E-state index is 0.151. The lowest BCUT2D eigenvalue weighted by Gasteiger charge is -2.20. The molecule has 0 fully saturated rings. The van der Waals surface area contributed by atoms with Crippen LogP contribution in [0.1, 0.15) is 38.3 Å². The number of hydrogen-bond donors (Lipinski definition) is 1. The molecule has 0 aliphatic rings. The van der Waals surface area contributed by atoms with Crippen LogP contribution in [0.15, 0.2) is 18.2 Å². The number of sulfone groups is 1. The van der Waals surface area contributed by atoms with E-state index in [1.807, 2.05) is 25.1 Å². The number of halogens is 2. The molecule has 20 heavy (non-hydrogen) atoms. The molecule has 0 aliphatic carbocycles. The Morgan fingerprint density at radius 3 is 2.65 bits per heavy atom. The molecule has 1 N–H and O–H groups in total. The van der Waals surface area contributed by atoms with E-state index in [-0.39, 0.29) is 17.5 Å². The summed E-state index contributed by atoms with van der Waals surface area (Å²) < 4.78 is 24.3. The van der Waals surface area contributed by atoms with Gasteiger partial charge in [0, 0.05) is 20.4 Å². The van der Waals surface area contributed by atoms with Gasteiger partial charge in [0.25, 0.3) is 0 Å². The number of benzene rings is 1. The fourth-order valence-electron chi connectivity index (χ4n) is 2.05. The Bertz CT molecular complexity index is 534. The van der Waals surface area contributed by atoms with Crippen molar-refractivity contribution in [2.75, 3.05) is 18.1 Å². The summed E-state index contributed by atoms with van der Waals surface area (Å²) in [6.45, 7) is 4.58. The van der Waals surface area contributed by atoms with Crippen LogP contribution in [-0.4, -0.2) is 26.5 Å². The molecule has 0 saturated carbocycles. The first-order valence-electron chi connectivity index (χ1n) is 6.78. The van der Waals surface area contributed by atoms with E-state index in [2.05, 4.69) is 27.9 Å². The quantitative estimate of drug-likeness (QED) is 0.639. The molecule has 1 rings (SSSR count). The topological polar surface area (TPSA) is 46.2 Å². The van der Waals surface area contributed by atoms with Crippen molar-refractivity contribution in [1.29, 1.82) is 0 Å². The highest BCUT2D eigenvalue weighted by atomic mass is 127. The Balaban J connectivity index is 2.76. The monoisotopic (exact) mass is 429 g/mol. The average molecular weight is 430 g/mol. The Kier molecular flexibility index (Phi) is 7.79. The van der Waals surface area contributed by atoms with E-state index in [1.54, 1.807) is 6.92 Å². The molecule has 0 aromatic heterocycles. The summed E-state index contributed by atoms with van der Waals surface area (Å²) in [6, 6.07) is 5.98. The van der Waals surface area contributed by atoms with Crippen molar-refractivity contribution in [3.63, 3.8) is 0 Å². The maximum atomic E-state index is 11.6. The Morgan fingerprint density at radius 2 is 2.05 bits per heavy atom. The van der Waals surface area contributed by atoms with E-state index in [9.17, 15) is 8.42 Å². The maximum absolute atomic E-state index is 11.6. The zero-order valence-electron chi connectivity index (χ0n) is 11.8. The van der Waals surface area contributed by atoms with Gasteiger partial charge in [-0.3, -0.25) is 0 Å². The van der Waals surface area contributed by atoms with E-state index < -0.39 is 9.84 Å². The second-order valence-corrected chi connectivity index (χ2v) is 8.73. The lowest BCUT2D eigenvalue weighted by Crippen LogP contribution is -2.22. The van der Waals surface area contributed by atoms with Crippen LogP contribution in [0, 0.1) is 3.57 Å². The van der Waals surface area contributed by atoms with Crippen molar-refractivity contribution in [1.82, 2.24) is 5.32 Å². The smallest absolute Gasteiger partial charge is 0.150 e. The summed E-state index contributed by atoms with van der Waals surface area (Å²) in [4.78, 5) is 0. The highest BCUT2D eigenvalue weighted by Gasteiger charge is 2.15. The number of rotatable bonds is 8. The van der Waals surface area contributed by atoms with Gasteiger partial charge in [-0.2, -0.15) is 0 Å². The summed E-state index contributed by atoms with van der Waals surface area (Å²) in [6.07, 6.45) is 1.46. The molecule has 1 aromatic carbocycles. The molecule has 0 spiro atoms. The van der Waals surface area contributed by atoms with Gasteiger partial charge in [-0.15, -0.1) is 0 Å². The molecule has 0 heterocycles. The predicted molar refractivity (Wildman–Crippen MR) is 94.1 cm³/mol. The van der Waals surface area contributed by atoms with Crippen molar-refractivity contribution in [3.05, 3.63) is 32.4 Å². The second-order valence-electron chi connectivity index (χ2n) is 4.65. The Labute approximate surface area is 140 Å². The van der Waals surface area contributed by atoms with E-state index in [0.717, 1.165) is 22.1 Å². The summed E-state index contributed by atoms with van der Waals surface area (Å²) in [5.74, 6) is 0.468. The molecule has 0 bridgehead atoms. The SMILES string of the molecule is CCNC(CCCS(=O)(=O)CC)c1cc(Cl)ccc1I. The largest absolute Gasteiger partial charge is 0.310 e. The molecule has 114 valence electrons. The Morgan fingerprint density at radius 1 is 1.35 bits per heavy atom. The summed E-state index contributed by atoms with van der Waals surface area (Å²) in [5.41, 5.74) is 1.15. The lowest BCUT2D eigenvalue weighted by atomic mass is 10.0. The van der Waals surface area contributed by atoms with Crippen molar-refractivity contribution in [2.24, 2.45) is 0 Å². The van der Waals surface area contributed by atoms with Crippen LogP contribution in [-0.2, 0) is 9.84 Å². The zero-order valence-corrected chi connectivity index (χ0v) is 15.6. The van der Waals surface area contributed by atoms with Crippen molar-refractivity contribution in [2.45, 2.75) is 32.7 Å². The van der Waals surface area contributed by atoms with Crippen LogP contribution in [0.2, 0.25) is 5.02 Å². The van der Waals surface area contributed by atoms with Crippen molar-refractivity contribution in [3.8, 4) is 0 Å².